The van der Waals surface area contributed by atoms with Crippen molar-refractivity contribution in [1.82, 2.24) is 0 Å². The second-order valence-corrected chi connectivity index (χ2v) is 1.83. The minimum absolute atomic E-state index is 0.0943. The maximum absolute atomic E-state index is 11.3. The molecule has 0 aromatic heterocycles. The summed E-state index contributed by atoms with van der Waals surface area (Å²) in [6.45, 7) is 1.72. The molecular formula is C6H13FO2. The molecule has 0 rings (SSSR count). The standard InChI is InChI=1S/C6H13FO2/c1-2-6(8)5-9-4-3-7/h6,8H,2-5H2,1H3. The SMILES string of the molecule is CCC(O)COCCF. The molecule has 1 unspecified atom stereocenters. The third-order valence-corrected chi connectivity index (χ3v) is 1.00. The van der Waals surface area contributed by atoms with Crippen molar-refractivity contribution in [2.24, 2.45) is 0 Å². The summed E-state index contributed by atoms with van der Waals surface area (Å²) in [7, 11) is 0. The van der Waals surface area contributed by atoms with Crippen molar-refractivity contribution in [3.8, 4) is 0 Å². The fourth-order valence-electron chi connectivity index (χ4n) is 0.392. The highest BCUT2D eigenvalue weighted by Crippen LogP contribution is 1.89. The first-order valence-corrected chi connectivity index (χ1v) is 3.13. The van der Waals surface area contributed by atoms with Crippen molar-refractivity contribution in [2.45, 2.75) is 19.4 Å². The number of rotatable bonds is 5. The van der Waals surface area contributed by atoms with Crippen molar-refractivity contribution >= 4 is 0 Å². The summed E-state index contributed by atoms with van der Waals surface area (Å²) in [5.41, 5.74) is 0. The van der Waals surface area contributed by atoms with E-state index in [2.05, 4.69) is 0 Å². The fraction of sp³-hybridized carbons (Fsp3) is 1.00. The first kappa shape index (κ1) is 8.85. The Morgan fingerprint density at radius 3 is 2.78 bits per heavy atom. The number of hydrogen-bond donors (Lipinski definition) is 1. The number of hydrogen-bond acceptors (Lipinski definition) is 2. The summed E-state index contributed by atoms with van der Waals surface area (Å²) in [4.78, 5) is 0. The van der Waals surface area contributed by atoms with E-state index in [4.69, 9.17) is 9.84 Å². The van der Waals surface area contributed by atoms with Gasteiger partial charge in [-0.05, 0) is 6.42 Å². The lowest BCUT2D eigenvalue weighted by Crippen LogP contribution is -2.14. The van der Waals surface area contributed by atoms with E-state index in [1.807, 2.05) is 6.92 Å². The predicted octanol–water partition coefficient (Wildman–Crippen LogP) is 0.743. The molecule has 9 heavy (non-hydrogen) atoms. The van der Waals surface area contributed by atoms with Crippen LogP contribution in [0.5, 0.6) is 0 Å². The Kier molecular flexibility index (Phi) is 5.88. The molecule has 0 aliphatic carbocycles. The Morgan fingerprint density at radius 2 is 2.33 bits per heavy atom. The van der Waals surface area contributed by atoms with Gasteiger partial charge in [-0.25, -0.2) is 4.39 Å². The van der Waals surface area contributed by atoms with Gasteiger partial charge in [-0.15, -0.1) is 0 Å². The molecule has 0 aromatic rings. The van der Waals surface area contributed by atoms with E-state index in [0.29, 0.717) is 6.42 Å². The predicted molar refractivity (Wildman–Crippen MR) is 33.1 cm³/mol. The summed E-state index contributed by atoms with van der Waals surface area (Å²) >= 11 is 0. The van der Waals surface area contributed by atoms with Crippen LogP contribution in [0.4, 0.5) is 4.39 Å². The van der Waals surface area contributed by atoms with E-state index in [-0.39, 0.29) is 13.2 Å². The molecule has 0 heterocycles. The second-order valence-electron chi connectivity index (χ2n) is 1.83. The molecule has 56 valence electrons. The maximum atomic E-state index is 11.3. The Labute approximate surface area is 54.6 Å². The number of halogens is 1. The van der Waals surface area contributed by atoms with Crippen LogP contribution in [0.3, 0.4) is 0 Å². The average Bonchev–Trinajstić information content (AvgIpc) is 1.89. The van der Waals surface area contributed by atoms with E-state index in [1.165, 1.54) is 0 Å². The molecule has 0 fully saturated rings. The van der Waals surface area contributed by atoms with E-state index < -0.39 is 12.8 Å². The Balaban J connectivity index is 2.88. The van der Waals surface area contributed by atoms with Crippen molar-refractivity contribution in [3.63, 3.8) is 0 Å². The number of aliphatic hydroxyl groups excluding tert-OH is 1. The number of alkyl halides is 1. The lowest BCUT2D eigenvalue weighted by molar-refractivity contribution is 0.0299. The summed E-state index contributed by atoms with van der Waals surface area (Å²) in [6, 6.07) is 0. The van der Waals surface area contributed by atoms with Crippen molar-refractivity contribution < 1.29 is 14.2 Å². The van der Waals surface area contributed by atoms with Crippen molar-refractivity contribution in [2.75, 3.05) is 19.9 Å². The van der Waals surface area contributed by atoms with Gasteiger partial charge in [0.1, 0.15) is 6.67 Å². The van der Waals surface area contributed by atoms with E-state index in [0.717, 1.165) is 0 Å². The van der Waals surface area contributed by atoms with Crippen molar-refractivity contribution in [3.05, 3.63) is 0 Å². The topological polar surface area (TPSA) is 29.5 Å². The molecule has 0 aromatic carbocycles. The lowest BCUT2D eigenvalue weighted by atomic mass is 10.3. The lowest BCUT2D eigenvalue weighted by Gasteiger charge is -2.05. The minimum atomic E-state index is -0.476. The van der Waals surface area contributed by atoms with Gasteiger partial charge in [0.2, 0.25) is 0 Å². The van der Waals surface area contributed by atoms with Gasteiger partial charge < -0.3 is 9.84 Å². The molecule has 0 radical (unpaired) electrons. The highest BCUT2D eigenvalue weighted by molar-refractivity contribution is 4.47. The molecule has 0 saturated carbocycles. The van der Waals surface area contributed by atoms with Gasteiger partial charge in [0.15, 0.2) is 0 Å². The van der Waals surface area contributed by atoms with Crippen LogP contribution in [0.1, 0.15) is 13.3 Å². The monoisotopic (exact) mass is 136 g/mol. The quantitative estimate of drug-likeness (QED) is 0.565. The first-order valence-electron chi connectivity index (χ1n) is 3.13. The number of aliphatic hydroxyl groups is 1. The molecule has 0 aliphatic heterocycles. The molecule has 1 N–H and O–H groups in total. The van der Waals surface area contributed by atoms with Gasteiger partial charge in [-0.3, -0.25) is 0 Å². The Bertz CT molecular complexity index is 59.0. The molecular weight excluding hydrogens is 123 g/mol. The average molecular weight is 136 g/mol. The molecule has 2 nitrogen and oxygen atoms in total. The molecule has 0 aliphatic rings. The van der Waals surface area contributed by atoms with Crippen molar-refractivity contribution in [1.29, 1.82) is 0 Å². The highest BCUT2D eigenvalue weighted by atomic mass is 19.1. The molecule has 0 amide bonds. The van der Waals surface area contributed by atoms with E-state index in [1.54, 1.807) is 0 Å². The largest absolute Gasteiger partial charge is 0.391 e. The first-order chi connectivity index (χ1) is 4.31. The molecule has 0 bridgehead atoms. The van der Waals surface area contributed by atoms with Crippen LogP contribution in [0.2, 0.25) is 0 Å². The van der Waals surface area contributed by atoms with Gasteiger partial charge in [0.25, 0.3) is 0 Å². The van der Waals surface area contributed by atoms with Gasteiger partial charge in [-0.2, -0.15) is 0 Å². The van der Waals surface area contributed by atoms with Gasteiger partial charge in [0.05, 0.1) is 19.3 Å². The van der Waals surface area contributed by atoms with Gasteiger partial charge in [0, 0.05) is 0 Å². The second kappa shape index (κ2) is 5.98. The van der Waals surface area contributed by atoms with Crippen LogP contribution in [0.15, 0.2) is 0 Å². The zero-order valence-corrected chi connectivity index (χ0v) is 5.64. The summed E-state index contributed by atoms with van der Waals surface area (Å²) in [5.74, 6) is 0. The zero-order valence-electron chi connectivity index (χ0n) is 5.64. The highest BCUT2D eigenvalue weighted by Gasteiger charge is 1.98. The van der Waals surface area contributed by atoms with Crippen LogP contribution in [0, 0.1) is 0 Å². The van der Waals surface area contributed by atoms with E-state index >= 15 is 0 Å². The summed E-state index contributed by atoms with van der Waals surface area (Å²) < 4.78 is 16.1. The number of ether oxygens (including phenoxy) is 1. The normalized spacial score (nSPS) is 13.7. The molecule has 1 atom stereocenters. The third-order valence-electron chi connectivity index (χ3n) is 1.00. The fourth-order valence-corrected chi connectivity index (χ4v) is 0.392. The van der Waals surface area contributed by atoms with Crippen LogP contribution in [0.25, 0.3) is 0 Å². The van der Waals surface area contributed by atoms with Crippen LogP contribution >= 0.6 is 0 Å². The smallest absolute Gasteiger partial charge is 0.113 e. The summed E-state index contributed by atoms with van der Waals surface area (Å²) in [5, 5.41) is 8.84. The van der Waals surface area contributed by atoms with Crippen LogP contribution in [-0.4, -0.2) is 31.1 Å². The molecule has 0 spiro atoms. The third kappa shape index (κ3) is 5.73. The van der Waals surface area contributed by atoms with Gasteiger partial charge >= 0.3 is 0 Å². The zero-order chi connectivity index (χ0) is 7.11. The van der Waals surface area contributed by atoms with Gasteiger partial charge in [-0.1, -0.05) is 6.92 Å². The summed E-state index contributed by atoms with van der Waals surface area (Å²) in [6.07, 6.45) is 0.225. The molecule has 0 saturated heterocycles. The Hall–Kier alpha value is -0.150. The maximum Gasteiger partial charge on any atom is 0.113 e. The molecule has 3 heteroatoms. The van der Waals surface area contributed by atoms with Crippen LogP contribution in [-0.2, 0) is 4.74 Å². The van der Waals surface area contributed by atoms with E-state index in [9.17, 15) is 4.39 Å². The Morgan fingerprint density at radius 1 is 1.67 bits per heavy atom. The minimum Gasteiger partial charge on any atom is -0.391 e. The van der Waals surface area contributed by atoms with Crippen LogP contribution < -0.4 is 0 Å².